The molecule has 0 saturated heterocycles. The van der Waals surface area contributed by atoms with Gasteiger partial charge in [0.25, 0.3) is 5.76 Å². The first-order chi connectivity index (χ1) is 17.3. The zero-order valence-electron chi connectivity index (χ0n) is 21.5. The zero-order chi connectivity index (χ0) is 26.9. The second-order valence-electron chi connectivity index (χ2n) is 6.30. The average molecular weight is 528 g/mol. The van der Waals surface area contributed by atoms with Crippen molar-refractivity contribution in [3.05, 3.63) is 48.1 Å². The molecule has 0 spiro atoms. The van der Waals surface area contributed by atoms with Crippen molar-refractivity contribution in [3.8, 4) is 11.5 Å². The van der Waals surface area contributed by atoms with Gasteiger partial charge in [-0.2, -0.15) is 0 Å². The largest absolute Gasteiger partial charge is 1.00 e. The Labute approximate surface area is 236 Å². The van der Waals surface area contributed by atoms with Crippen LogP contribution >= 0.6 is 0 Å². The van der Waals surface area contributed by atoms with Gasteiger partial charge in [0, 0.05) is 12.4 Å². The van der Waals surface area contributed by atoms with E-state index in [4.69, 9.17) is 28.5 Å². The summed E-state index contributed by atoms with van der Waals surface area (Å²) in [5.41, 5.74) is 0.669. The van der Waals surface area contributed by atoms with Gasteiger partial charge in [-0.15, -0.1) is 6.61 Å². The molecular weight excluding hydrogens is 499 g/mol. The van der Waals surface area contributed by atoms with E-state index >= 15 is 0 Å². The van der Waals surface area contributed by atoms with Crippen LogP contribution in [0.5, 0.6) is 11.5 Å². The number of rotatable bonds is 8. The topological polar surface area (TPSA) is 170 Å². The number of nitrogens with zero attached hydrogens (tertiary/aromatic N) is 2. The van der Waals surface area contributed by atoms with Crippen molar-refractivity contribution in [2.45, 2.75) is 27.7 Å². The van der Waals surface area contributed by atoms with E-state index in [0.29, 0.717) is 5.58 Å². The summed E-state index contributed by atoms with van der Waals surface area (Å²) in [5.74, 6) is -2.06. The molecule has 3 aromatic rings. The van der Waals surface area contributed by atoms with Gasteiger partial charge >= 0.3 is 47.5 Å². The summed E-state index contributed by atoms with van der Waals surface area (Å²) in [6, 6.07) is 6.41. The van der Waals surface area contributed by atoms with Gasteiger partial charge in [-0.25, -0.2) is 24.4 Å². The molecule has 0 aliphatic rings. The van der Waals surface area contributed by atoms with Crippen LogP contribution < -0.4 is 39.4 Å². The quantitative estimate of drug-likeness (QED) is 0.221. The van der Waals surface area contributed by atoms with Crippen LogP contribution in [0.2, 0.25) is 0 Å². The minimum atomic E-state index is -0.687. The van der Waals surface area contributed by atoms with Gasteiger partial charge in [-0.3, -0.25) is 0 Å². The summed E-state index contributed by atoms with van der Waals surface area (Å²) in [6.45, 7) is 7.11. The van der Waals surface area contributed by atoms with E-state index in [0.717, 1.165) is 0 Å². The first kappa shape index (κ1) is 33.8. The molecule has 0 bridgehead atoms. The molecule has 37 heavy (non-hydrogen) atoms. The Morgan fingerprint density at radius 2 is 1.49 bits per heavy atom. The number of carbonyl (C=O) groups is 3. The van der Waals surface area contributed by atoms with Gasteiger partial charge < -0.3 is 33.6 Å². The van der Waals surface area contributed by atoms with Crippen LogP contribution in [-0.2, 0) is 19.0 Å². The van der Waals surface area contributed by atoms with E-state index in [-0.39, 0.29) is 91.1 Å². The molecule has 0 unspecified atom stereocenters. The third-order valence-corrected chi connectivity index (χ3v) is 3.77. The fraction of sp³-hybridized carbons (Fsp3) is 0.375. The molecule has 12 nitrogen and oxygen atoms in total. The SMILES string of the molecule is CCOC(=O)COc1cccnc1C(=O)OCC.CCOC(=O)c1oc2cccnc2c1O.CC[O-].[Na+]. The molecule has 0 fully saturated rings. The maximum Gasteiger partial charge on any atom is 1.00 e. The maximum atomic E-state index is 11.6. The number of hydrogen-bond acceptors (Lipinski definition) is 12. The third-order valence-electron chi connectivity index (χ3n) is 3.77. The minimum absolute atomic E-state index is 0. The maximum absolute atomic E-state index is 11.6. The molecule has 3 aromatic heterocycles. The second kappa shape index (κ2) is 19.0. The first-order valence-electron chi connectivity index (χ1n) is 11.1. The van der Waals surface area contributed by atoms with Crippen LogP contribution in [0.3, 0.4) is 0 Å². The smallest absolute Gasteiger partial charge is 0.855 e. The summed E-state index contributed by atoms with van der Waals surface area (Å²) < 4.78 is 24.6. The van der Waals surface area contributed by atoms with Crippen molar-refractivity contribution in [2.24, 2.45) is 0 Å². The Morgan fingerprint density at radius 1 is 0.919 bits per heavy atom. The normalized spacial score (nSPS) is 9.43. The Morgan fingerprint density at radius 3 is 2.08 bits per heavy atom. The van der Waals surface area contributed by atoms with Crippen LogP contribution in [0.4, 0.5) is 0 Å². The van der Waals surface area contributed by atoms with E-state index in [1.54, 1.807) is 52.0 Å². The molecule has 3 heterocycles. The molecule has 0 amide bonds. The Balaban J connectivity index is 0.000000624. The van der Waals surface area contributed by atoms with E-state index in [2.05, 4.69) is 9.97 Å². The second-order valence-corrected chi connectivity index (χ2v) is 6.30. The average Bonchev–Trinajstić information content (AvgIpc) is 3.21. The van der Waals surface area contributed by atoms with Gasteiger partial charge in [0.2, 0.25) is 0 Å². The van der Waals surface area contributed by atoms with E-state index < -0.39 is 17.9 Å². The number of aromatic hydroxyl groups is 1. The minimum Gasteiger partial charge on any atom is -0.855 e. The number of hydrogen-bond donors (Lipinski definition) is 1. The van der Waals surface area contributed by atoms with Crippen molar-refractivity contribution in [1.82, 2.24) is 9.97 Å². The predicted octanol–water partition coefficient (Wildman–Crippen LogP) is -0.719. The standard InChI is InChI=1S/C12H15NO5.C10H9NO4.C2H5O.Na/c1-3-16-10(14)8-18-9-6-5-7-13-11(9)12(15)17-4-2;1-2-14-10(13)9-8(12)7-6(15-9)4-3-5-11-7;1-2-3;/h5-7H,3-4,8H2,1-2H3;3-5,12H,2H2,1H3;2H2,1H3;/q;;-1;+1. The summed E-state index contributed by atoms with van der Waals surface area (Å²) in [7, 11) is 0. The molecule has 196 valence electrons. The first-order valence-corrected chi connectivity index (χ1v) is 11.1. The molecule has 0 aliphatic heterocycles. The van der Waals surface area contributed by atoms with Crippen LogP contribution in [-0.4, -0.2) is 66.0 Å². The number of esters is 3. The Hall–Kier alpha value is -3.19. The number of pyridine rings is 2. The van der Waals surface area contributed by atoms with Gasteiger partial charge in [-0.05, 0) is 45.0 Å². The summed E-state index contributed by atoms with van der Waals surface area (Å²) in [5, 5.41) is 18.6. The van der Waals surface area contributed by atoms with Gasteiger partial charge in [0.05, 0.1) is 19.8 Å². The van der Waals surface area contributed by atoms with Crippen molar-refractivity contribution < 1.29 is 77.5 Å². The van der Waals surface area contributed by atoms with Gasteiger partial charge in [-0.1, -0.05) is 6.92 Å². The fourth-order valence-corrected chi connectivity index (χ4v) is 2.45. The molecular formula is C24H29N2NaO10. The molecule has 3 rings (SSSR count). The number of ether oxygens (including phenoxy) is 4. The molecule has 1 N–H and O–H groups in total. The Kier molecular flexibility index (Phi) is 17.4. The van der Waals surface area contributed by atoms with E-state index in [1.165, 1.54) is 12.4 Å². The van der Waals surface area contributed by atoms with Gasteiger partial charge in [0.1, 0.15) is 0 Å². The Bertz CT molecular complexity index is 1120. The van der Waals surface area contributed by atoms with Crippen molar-refractivity contribution in [1.29, 1.82) is 0 Å². The van der Waals surface area contributed by atoms with Gasteiger partial charge in [0.15, 0.2) is 34.9 Å². The van der Waals surface area contributed by atoms with E-state index in [1.807, 2.05) is 0 Å². The molecule has 0 aromatic carbocycles. The van der Waals surface area contributed by atoms with Crippen LogP contribution in [0.15, 0.2) is 41.1 Å². The molecule has 0 aliphatic carbocycles. The summed E-state index contributed by atoms with van der Waals surface area (Å²) in [4.78, 5) is 41.8. The van der Waals surface area contributed by atoms with Crippen LogP contribution in [0, 0.1) is 0 Å². The van der Waals surface area contributed by atoms with Crippen molar-refractivity contribution in [2.75, 3.05) is 33.0 Å². The summed E-state index contributed by atoms with van der Waals surface area (Å²) in [6.07, 6.45) is 2.95. The zero-order valence-corrected chi connectivity index (χ0v) is 23.5. The molecule has 0 saturated carbocycles. The van der Waals surface area contributed by atoms with E-state index in [9.17, 15) is 19.5 Å². The van der Waals surface area contributed by atoms with Crippen LogP contribution in [0.1, 0.15) is 48.7 Å². The summed E-state index contributed by atoms with van der Waals surface area (Å²) >= 11 is 0. The van der Waals surface area contributed by atoms with Crippen molar-refractivity contribution in [3.63, 3.8) is 0 Å². The molecule has 13 heteroatoms. The number of furan rings is 1. The third kappa shape index (κ3) is 11.2. The predicted molar refractivity (Wildman–Crippen MR) is 124 cm³/mol. The fourth-order valence-electron chi connectivity index (χ4n) is 2.45. The number of aromatic nitrogens is 2. The number of carbonyl (C=O) groups excluding carboxylic acids is 3. The number of fused-ring (bicyclic) bond motifs is 1. The molecule has 0 radical (unpaired) electrons. The molecule has 0 atom stereocenters. The monoisotopic (exact) mass is 528 g/mol. The van der Waals surface area contributed by atoms with Crippen LogP contribution in [0.25, 0.3) is 11.1 Å². The van der Waals surface area contributed by atoms with Crippen molar-refractivity contribution >= 4 is 29.0 Å².